The Bertz CT molecular complexity index is 453. The van der Waals surface area contributed by atoms with Gasteiger partial charge in [0.2, 0.25) is 0 Å². The van der Waals surface area contributed by atoms with Crippen LogP contribution < -0.4 is 0 Å². The summed E-state index contributed by atoms with van der Waals surface area (Å²) in [6.07, 6.45) is 4.63. The summed E-state index contributed by atoms with van der Waals surface area (Å²) in [7, 11) is 0. The van der Waals surface area contributed by atoms with Gasteiger partial charge in [-0.2, -0.15) is 0 Å². The first-order valence-corrected chi connectivity index (χ1v) is 8.04. The molecule has 1 aromatic rings. The van der Waals surface area contributed by atoms with Crippen LogP contribution in [0, 0.1) is 17.8 Å². The second-order valence-corrected chi connectivity index (χ2v) is 7.36. The van der Waals surface area contributed by atoms with E-state index < -0.39 is 0 Å². The Morgan fingerprint density at radius 3 is 2.74 bits per heavy atom. The van der Waals surface area contributed by atoms with Gasteiger partial charge in [0, 0.05) is 10.4 Å². The predicted octanol–water partition coefficient (Wildman–Crippen LogP) is 4.98. The van der Waals surface area contributed by atoms with E-state index in [1.54, 1.807) is 0 Å². The zero-order chi connectivity index (χ0) is 14.0. The van der Waals surface area contributed by atoms with E-state index >= 15 is 0 Å². The first-order chi connectivity index (χ1) is 9.01. The van der Waals surface area contributed by atoms with Gasteiger partial charge in [-0.05, 0) is 60.3 Å². The molecule has 0 bridgehead atoms. The summed E-state index contributed by atoms with van der Waals surface area (Å²) in [5.74, 6) is 2.03. The molecule has 0 radical (unpaired) electrons. The second-order valence-electron chi connectivity index (χ2n) is 6.44. The lowest BCUT2D eigenvalue weighted by Crippen LogP contribution is -2.14. The van der Waals surface area contributed by atoms with E-state index in [4.69, 9.17) is 0 Å². The molecule has 0 saturated carbocycles. The fourth-order valence-electron chi connectivity index (χ4n) is 3.56. The van der Waals surface area contributed by atoms with Crippen LogP contribution in [0.2, 0.25) is 0 Å². The maximum atomic E-state index is 11.5. The highest BCUT2D eigenvalue weighted by Gasteiger charge is 2.33. The van der Waals surface area contributed by atoms with Gasteiger partial charge in [-0.1, -0.05) is 42.8 Å². The van der Waals surface area contributed by atoms with E-state index in [0.29, 0.717) is 11.8 Å². The molecule has 0 aliphatic heterocycles. The summed E-state index contributed by atoms with van der Waals surface area (Å²) >= 11 is 3.51. The van der Waals surface area contributed by atoms with Crippen molar-refractivity contribution in [2.24, 2.45) is 17.8 Å². The first kappa shape index (κ1) is 14.8. The second kappa shape index (κ2) is 6.21. The van der Waals surface area contributed by atoms with Crippen LogP contribution in [0.4, 0.5) is 0 Å². The topological polar surface area (TPSA) is 17.1 Å². The Kier molecular flexibility index (Phi) is 4.83. The number of halogens is 1. The van der Waals surface area contributed by atoms with Gasteiger partial charge in [-0.25, -0.2) is 0 Å². The molecule has 19 heavy (non-hydrogen) atoms. The van der Waals surface area contributed by atoms with Crippen molar-refractivity contribution in [1.29, 1.82) is 0 Å². The molecule has 0 saturated heterocycles. The number of carbonyl (C=O) groups excluding carboxylic acids is 1. The van der Waals surface area contributed by atoms with E-state index in [2.05, 4.69) is 54.9 Å². The molecule has 0 amide bonds. The van der Waals surface area contributed by atoms with Crippen LogP contribution in [0.25, 0.3) is 0 Å². The van der Waals surface area contributed by atoms with Gasteiger partial charge in [0.1, 0.15) is 6.29 Å². The van der Waals surface area contributed by atoms with Gasteiger partial charge in [-0.15, -0.1) is 0 Å². The Morgan fingerprint density at radius 1 is 1.37 bits per heavy atom. The van der Waals surface area contributed by atoms with Crippen molar-refractivity contribution in [3.8, 4) is 0 Å². The lowest BCUT2D eigenvalue weighted by Gasteiger charge is -2.21. The van der Waals surface area contributed by atoms with E-state index in [9.17, 15) is 4.79 Å². The van der Waals surface area contributed by atoms with Gasteiger partial charge in [0.05, 0.1) is 0 Å². The number of hydrogen-bond acceptors (Lipinski definition) is 1. The van der Waals surface area contributed by atoms with E-state index in [0.717, 1.165) is 29.5 Å². The van der Waals surface area contributed by atoms with Crippen molar-refractivity contribution in [1.82, 2.24) is 0 Å². The van der Waals surface area contributed by atoms with Crippen molar-refractivity contribution in [3.63, 3.8) is 0 Å². The molecule has 0 heterocycles. The number of aldehydes is 1. The summed E-state index contributed by atoms with van der Waals surface area (Å²) in [6.45, 7) is 6.86. The zero-order valence-electron chi connectivity index (χ0n) is 12.0. The minimum Gasteiger partial charge on any atom is -0.303 e. The van der Waals surface area contributed by atoms with Gasteiger partial charge in [0.15, 0.2) is 0 Å². The monoisotopic (exact) mass is 322 g/mol. The van der Waals surface area contributed by atoms with E-state index in [1.807, 2.05) is 0 Å². The normalized spacial score (nSPS) is 23.4. The minimum absolute atomic E-state index is 0.0992. The van der Waals surface area contributed by atoms with Crippen LogP contribution in [0.5, 0.6) is 0 Å². The highest BCUT2D eigenvalue weighted by Crippen LogP contribution is 2.41. The molecule has 0 fully saturated rings. The van der Waals surface area contributed by atoms with Crippen molar-refractivity contribution in [2.45, 2.75) is 46.0 Å². The number of hydrogen-bond donors (Lipinski definition) is 0. The van der Waals surface area contributed by atoms with Crippen LogP contribution in [-0.4, -0.2) is 6.29 Å². The average Bonchev–Trinajstić information content (AvgIpc) is 2.64. The molecule has 0 N–H and O–H groups in total. The molecule has 0 spiro atoms. The first-order valence-electron chi connectivity index (χ1n) is 7.24. The average molecular weight is 323 g/mol. The molecule has 2 heteroatoms. The molecule has 1 aliphatic carbocycles. The lowest BCUT2D eigenvalue weighted by molar-refractivity contribution is -0.110. The van der Waals surface area contributed by atoms with E-state index in [1.165, 1.54) is 17.5 Å². The van der Waals surface area contributed by atoms with Crippen LogP contribution >= 0.6 is 15.9 Å². The molecule has 1 aliphatic rings. The van der Waals surface area contributed by atoms with Crippen molar-refractivity contribution in [3.05, 3.63) is 33.8 Å². The molecule has 1 nitrogen and oxygen atoms in total. The molecule has 104 valence electrons. The van der Waals surface area contributed by atoms with Gasteiger partial charge < -0.3 is 4.79 Å². The summed E-state index contributed by atoms with van der Waals surface area (Å²) in [6, 6.07) is 6.38. The third-order valence-electron chi connectivity index (χ3n) is 4.18. The van der Waals surface area contributed by atoms with Crippen LogP contribution in [-0.2, 0) is 11.2 Å². The Labute approximate surface area is 124 Å². The Hall–Kier alpha value is -0.630. The number of carbonyl (C=O) groups is 1. The zero-order valence-corrected chi connectivity index (χ0v) is 13.6. The van der Waals surface area contributed by atoms with E-state index in [-0.39, 0.29) is 5.92 Å². The predicted molar refractivity (Wildman–Crippen MR) is 83.4 cm³/mol. The number of fused-ring (bicyclic) bond motifs is 1. The number of benzene rings is 1. The molecule has 1 aromatic carbocycles. The lowest BCUT2D eigenvalue weighted by atomic mass is 9.83. The fraction of sp³-hybridized carbons (Fsp3) is 0.588. The molecular weight excluding hydrogens is 300 g/mol. The largest absolute Gasteiger partial charge is 0.303 e. The van der Waals surface area contributed by atoms with Crippen LogP contribution in [0.3, 0.4) is 0 Å². The summed E-state index contributed by atoms with van der Waals surface area (Å²) in [5.41, 5.74) is 2.60. The van der Waals surface area contributed by atoms with Crippen molar-refractivity contribution >= 4 is 22.2 Å². The Balaban J connectivity index is 2.11. The smallest absolute Gasteiger partial charge is 0.127 e. The highest BCUT2D eigenvalue weighted by molar-refractivity contribution is 9.10. The number of rotatable bonds is 5. The van der Waals surface area contributed by atoms with Crippen molar-refractivity contribution in [2.75, 3.05) is 0 Å². The van der Waals surface area contributed by atoms with Gasteiger partial charge in [0.25, 0.3) is 0 Å². The maximum absolute atomic E-state index is 11.5. The molecular formula is C17H23BrO. The summed E-state index contributed by atoms with van der Waals surface area (Å²) in [4.78, 5) is 11.5. The minimum atomic E-state index is 0.0992. The van der Waals surface area contributed by atoms with Gasteiger partial charge >= 0.3 is 0 Å². The fourth-order valence-corrected chi connectivity index (χ4v) is 3.94. The quantitative estimate of drug-likeness (QED) is 0.699. The van der Waals surface area contributed by atoms with Gasteiger partial charge in [-0.3, -0.25) is 0 Å². The third-order valence-corrected chi connectivity index (χ3v) is 4.68. The molecule has 3 atom stereocenters. The van der Waals surface area contributed by atoms with Crippen molar-refractivity contribution < 1.29 is 4.79 Å². The standard InChI is InChI=1S/C17H23BrO/c1-11(2)6-12(3)7-14-8-13-4-5-15(18)9-16(13)17(14)10-19/h4-5,9-12,14,17H,6-8H2,1-3H3/t12-,14+,17?/m1/s1. The summed E-state index contributed by atoms with van der Waals surface area (Å²) in [5, 5.41) is 0. The van der Waals surface area contributed by atoms with Crippen LogP contribution in [0.1, 0.15) is 50.7 Å². The Morgan fingerprint density at radius 2 is 2.11 bits per heavy atom. The SMILES string of the molecule is CC(C)C[C@@H](C)C[C@H]1Cc2ccc(Br)cc2C1C=O. The maximum Gasteiger partial charge on any atom is 0.127 e. The third kappa shape index (κ3) is 3.47. The summed E-state index contributed by atoms with van der Waals surface area (Å²) < 4.78 is 1.08. The molecule has 1 unspecified atom stereocenters. The molecule has 2 rings (SSSR count). The van der Waals surface area contributed by atoms with Crippen LogP contribution in [0.15, 0.2) is 22.7 Å². The highest BCUT2D eigenvalue weighted by atomic mass is 79.9. The molecule has 0 aromatic heterocycles.